The van der Waals surface area contributed by atoms with Gasteiger partial charge >= 0.3 is 6.03 Å². The number of aryl methyl sites for hydroxylation is 1. The number of benzene rings is 3. The number of ether oxygens (including phenoxy) is 1. The lowest BCUT2D eigenvalue weighted by Crippen LogP contribution is -2.27. The largest absolute Gasteiger partial charge is 0.457 e. The molecule has 7 heteroatoms. The summed E-state index contributed by atoms with van der Waals surface area (Å²) in [6.45, 7) is 2.51. The first-order valence-corrected chi connectivity index (χ1v) is 11.8. The van der Waals surface area contributed by atoms with Crippen molar-refractivity contribution in [1.29, 1.82) is 0 Å². The smallest absolute Gasteiger partial charge is 0.323 e. The highest BCUT2D eigenvalue weighted by Gasteiger charge is 2.23. The van der Waals surface area contributed by atoms with E-state index >= 15 is 0 Å². The molecular formula is C28H32N4O3. The molecule has 1 aliphatic carbocycles. The van der Waals surface area contributed by atoms with Gasteiger partial charge < -0.3 is 25.6 Å². The van der Waals surface area contributed by atoms with E-state index in [4.69, 9.17) is 4.74 Å². The van der Waals surface area contributed by atoms with Crippen molar-refractivity contribution in [2.75, 3.05) is 36.6 Å². The molecule has 0 fully saturated rings. The summed E-state index contributed by atoms with van der Waals surface area (Å²) < 4.78 is 5.79. The predicted molar refractivity (Wildman–Crippen MR) is 140 cm³/mol. The fourth-order valence-electron chi connectivity index (χ4n) is 4.52. The van der Waals surface area contributed by atoms with E-state index in [0.717, 1.165) is 37.2 Å². The molecule has 0 saturated carbocycles. The molecule has 0 aliphatic heterocycles. The highest BCUT2D eigenvalue weighted by Crippen LogP contribution is 2.34. The minimum atomic E-state index is -0.350. The number of hydrogen-bond donors (Lipinski definition) is 3. The normalized spacial score (nSPS) is 14.7. The van der Waals surface area contributed by atoms with Crippen molar-refractivity contribution >= 4 is 29.0 Å². The van der Waals surface area contributed by atoms with Crippen molar-refractivity contribution in [3.05, 3.63) is 77.9 Å². The van der Waals surface area contributed by atoms with Crippen molar-refractivity contribution in [3.8, 4) is 11.5 Å². The Balaban J connectivity index is 1.43. The summed E-state index contributed by atoms with van der Waals surface area (Å²) in [5, 5.41) is 8.72. The lowest BCUT2D eigenvalue weighted by Gasteiger charge is -2.29. The first-order valence-electron chi connectivity index (χ1n) is 11.8. The highest BCUT2D eigenvalue weighted by molar-refractivity contribution is 6.00. The average Bonchev–Trinajstić information content (AvgIpc) is 2.81. The van der Waals surface area contributed by atoms with E-state index in [1.807, 2.05) is 42.5 Å². The number of urea groups is 1. The van der Waals surface area contributed by atoms with Crippen LogP contribution in [0.25, 0.3) is 0 Å². The molecule has 3 amide bonds. The van der Waals surface area contributed by atoms with Gasteiger partial charge in [-0.2, -0.15) is 0 Å². The first-order chi connectivity index (χ1) is 16.9. The summed E-state index contributed by atoms with van der Waals surface area (Å²) in [4.78, 5) is 26.7. The van der Waals surface area contributed by atoms with Crippen molar-refractivity contribution < 1.29 is 14.3 Å². The maximum absolute atomic E-state index is 12.7. The van der Waals surface area contributed by atoms with Gasteiger partial charge in [-0.05, 0) is 98.9 Å². The molecule has 0 bridgehead atoms. The third kappa shape index (κ3) is 6.83. The molecule has 3 aromatic rings. The number of nitrogens with one attached hydrogen (secondary N) is 3. The quantitative estimate of drug-likeness (QED) is 0.409. The number of para-hydroxylation sites is 1. The van der Waals surface area contributed by atoms with E-state index in [-0.39, 0.29) is 11.9 Å². The molecule has 3 aromatic carbocycles. The minimum Gasteiger partial charge on any atom is -0.457 e. The van der Waals surface area contributed by atoms with Crippen LogP contribution in [-0.2, 0) is 17.6 Å². The molecule has 1 aliphatic rings. The first kappa shape index (κ1) is 24.3. The van der Waals surface area contributed by atoms with E-state index in [9.17, 15) is 9.59 Å². The fraction of sp³-hybridized carbons (Fsp3) is 0.286. The summed E-state index contributed by atoms with van der Waals surface area (Å²) in [5.41, 5.74) is 4.41. The molecule has 3 N–H and O–H groups in total. The fourth-order valence-corrected chi connectivity index (χ4v) is 4.52. The second-order valence-corrected chi connectivity index (χ2v) is 9.23. The number of fused-ring (bicyclic) bond motifs is 1. The Kier molecular flexibility index (Phi) is 7.67. The molecule has 0 radical (unpaired) electrons. The Morgan fingerprint density at radius 1 is 0.914 bits per heavy atom. The van der Waals surface area contributed by atoms with Gasteiger partial charge in [-0.3, -0.25) is 4.79 Å². The standard InChI is InChI=1S/C28H32N4O3/c1-19(33)29-27-17-23(16-21-10-9-20(15-26(21)27)18-32(2)3)31-28(34)30-22-11-13-25(14-12-22)35-24-7-5-4-6-8-24/h4-8,11-14,16-17,20H,9-10,15,18H2,1-3H3,(H,29,33)(H2,30,31,34). The Morgan fingerprint density at radius 3 is 2.29 bits per heavy atom. The van der Waals surface area contributed by atoms with Crippen LogP contribution >= 0.6 is 0 Å². The third-order valence-corrected chi connectivity index (χ3v) is 5.94. The van der Waals surface area contributed by atoms with Gasteiger partial charge in [0.05, 0.1) is 0 Å². The molecule has 1 atom stereocenters. The number of carbonyl (C=O) groups is 2. The zero-order valence-electron chi connectivity index (χ0n) is 20.4. The molecule has 0 spiro atoms. The van der Waals surface area contributed by atoms with Crippen LogP contribution < -0.4 is 20.7 Å². The van der Waals surface area contributed by atoms with Crippen LogP contribution in [0.15, 0.2) is 66.7 Å². The van der Waals surface area contributed by atoms with Gasteiger partial charge in [0.15, 0.2) is 0 Å². The number of hydrogen-bond acceptors (Lipinski definition) is 4. The molecule has 0 saturated heterocycles. The number of nitrogens with zero attached hydrogens (tertiary/aromatic N) is 1. The second-order valence-electron chi connectivity index (χ2n) is 9.23. The highest BCUT2D eigenvalue weighted by atomic mass is 16.5. The van der Waals surface area contributed by atoms with Gasteiger partial charge in [0.2, 0.25) is 5.91 Å². The number of rotatable bonds is 7. The van der Waals surface area contributed by atoms with Gasteiger partial charge in [0, 0.05) is 30.5 Å². The number of anilines is 3. The predicted octanol–water partition coefficient (Wildman–Crippen LogP) is 5.75. The van der Waals surface area contributed by atoms with Crippen LogP contribution in [0.2, 0.25) is 0 Å². The maximum Gasteiger partial charge on any atom is 0.323 e. The zero-order valence-corrected chi connectivity index (χ0v) is 20.4. The molecule has 4 rings (SSSR count). The number of amides is 3. The van der Waals surface area contributed by atoms with Gasteiger partial charge in [-0.25, -0.2) is 4.79 Å². The van der Waals surface area contributed by atoms with E-state index in [0.29, 0.717) is 23.0 Å². The lowest BCUT2D eigenvalue weighted by atomic mass is 9.82. The van der Waals surface area contributed by atoms with Crippen LogP contribution in [0.5, 0.6) is 11.5 Å². The average molecular weight is 473 g/mol. The van der Waals surface area contributed by atoms with Crippen LogP contribution in [0.4, 0.5) is 21.9 Å². The summed E-state index contributed by atoms with van der Waals surface area (Å²) in [6, 6.07) is 20.2. The summed E-state index contributed by atoms with van der Waals surface area (Å²) in [6.07, 6.45) is 2.91. The Labute approximate surface area is 206 Å². The van der Waals surface area contributed by atoms with Gasteiger partial charge in [-0.1, -0.05) is 18.2 Å². The van der Waals surface area contributed by atoms with Crippen LogP contribution in [0.1, 0.15) is 24.5 Å². The van der Waals surface area contributed by atoms with Crippen LogP contribution in [0, 0.1) is 5.92 Å². The molecule has 1 unspecified atom stereocenters. The monoisotopic (exact) mass is 472 g/mol. The Morgan fingerprint density at radius 2 is 1.60 bits per heavy atom. The third-order valence-electron chi connectivity index (χ3n) is 5.94. The topological polar surface area (TPSA) is 82.7 Å². The van der Waals surface area contributed by atoms with Crippen molar-refractivity contribution in [2.24, 2.45) is 5.92 Å². The molecule has 0 aromatic heterocycles. The van der Waals surface area contributed by atoms with Gasteiger partial charge in [-0.15, -0.1) is 0 Å². The lowest BCUT2D eigenvalue weighted by molar-refractivity contribution is -0.114. The van der Waals surface area contributed by atoms with E-state index in [1.54, 1.807) is 24.3 Å². The van der Waals surface area contributed by atoms with Crippen molar-refractivity contribution in [2.45, 2.75) is 26.2 Å². The Bertz CT molecular complexity index is 1180. The summed E-state index contributed by atoms with van der Waals surface area (Å²) in [7, 11) is 4.17. The minimum absolute atomic E-state index is 0.124. The second kappa shape index (κ2) is 11.1. The summed E-state index contributed by atoms with van der Waals surface area (Å²) >= 11 is 0. The van der Waals surface area contributed by atoms with Gasteiger partial charge in [0.25, 0.3) is 0 Å². The molecule has 182 valence electrons. The van der Waals surface area contributed by atoms with Crippen LogP contribution in [0.3, 0.4) is 0 Å². The van der Waals surface area contributed by atoms with Gasteiger partial charge in [0.1, 0.15) is 11.5 Å². The summed E-state index contributed by atoms with van der Waals surface area (Å²) in [5.74, 6) is 1.85. The molecule has 35 heavy (non-hydrogen) atoms. The van der Waals surface area contributed by atoms with E-state index in [2.05, 4.69) is 34.9 Å². The van der Waals surface area contributed by atoms with Crippen molar-refractivity contribution in [1.82, 2.24) is 4.90 Å². The molecular weight excluding hydrogens is 440 g/mol. The zero-order chi connectivity index (χ0) is 24.8. The van der Waals surface area contributed by atoms with E-state index in [1.165, 1.54) is 18.1 Å². The molecule has 0 heterocycles. The maximum atomic E-state index is 12.7. The SMILES string of the molecule is CC(=O)Nc1cc(NC(=O)Nc2ccc(Oc3ccccc3)cc2)cc2c1CC(CN(C)C)CC2. The van der Waals surface area contributed by atoms with Crippen molar-refractivity contribution in [3.63, 3.8) is 0 Å². The Hall–Kier alpha value is -3.84. The molecule has 7 nitrogen and oxygen atoms in total. The van der Waals surface area contributed by atoms with E-state index < -0.39 is 0 Å². The van der Waals surface area contributed by atoms with Crippen LogP contribution in [-0.4, -0.2) is 37.5 Å². The number of carbonyl (C=O) groups excluding carboxylic acids is 2.